The predicted molar refractivity (Wildman–Crippen MR) is 124 cm³/mol. The third-order valence-corrected chi connectivity index (χ3v) is 7.67. The summed E-state index contributed by atoms with van der Waals surface area (Å²) in [5, 5.41) is 9.48. The van der Waals surface area contributed by atoms with Crippen molar-refractivity contribution in [2.24, 2.45) is 5.92 Å². The molecule has 2 aliphatic rings. The van der Waals surface area contributed by atoms with Gasteiger partial charge in [0.2, 0.25) is 21.8 Å². The lowest BCUT2D eigenvalue weighted by Crippen LogP contribution is -2.53. The maximum atomic E-state index is 13.3. The summed E-state index contributed by atoms with van der Waals surface area (Å²) in [6, 6.07) is 6.10. The van der Waals surface area contributed by atoms with Gasteiger partial charge in [0.05, 0.1) is 12.2 Å². The van der Waals surface area contributed by atoms with Crippen LogP contribution in [0.15, 0.2) is 30.3 Å². The first-order chi connectivity index (χ1) is 16.2. The van der Waals surface area contributed by atoms with Crippen LogP contribution in [-0.4, -0.2) is 86.5 Å². The number of hydrogen-bond donors (Lipinski definition) is 2. The summed E-state index contributed by atoms with van der Waals surface area (Å²) in [6.07, 6.45) is 2.08. The number of sulfonamides is 1. The maximum Gasteiger partial charge on any atom is 0.326 e. The quantitative estimate of drug-likeness (QED) is 0.491. The molecular weight excluding hydrogens is 462 g/mol. The largest absolute Gasteiger partial charge is 0.480 e. The summed E-state index contributed by atoms with van der Waals surface area (Å²) in [6.45, 7) is 1.97. The van der Waals surface area contributed by atoms with E-state index in [9.17, 15) is 27.9 Å². The maximum absolute atomic E-state index is 13.3. The van der Waals surface area contributed by atoms with Crippen molar-refractivity contribution >= 4 is 27.8 Å². The molecule has 2 atom stereocenters. The summed E-state index contributed by atoms with van der Waals surface area (Å²) < 4.78 is 33.5. The van der Waals surface area contributed by atoms with E-state index in [1.165, 1.54) is 9.80 Å². The number of benzene rings is 1. The average Bonchev–Trinajstić information content (AvgIpc) is 3.29. The van der Waals surface area contributed by atoms with Gasteiger partial charge in [-0.3, -0.25) is 9.59 Å². The number of rotatable bonds is 10. The van der Waals surface area contributed by atoms with E-state index in [1.54, 1.807) is 37.4 Å². The molecule has 0 aromatic heterocycles. The van der Waals surface area contributed by atoms with E-state index in [0.29, 0.717) is 38.2 Å². The molecule has 11 heteroatoms. The van der Waals surface area contributed by atoms with Crippen LogP contribution < -0.4 is 4.72 Å². The summed E-state index contributed by atoms with van der Waals surface area (Å²) in [4.78, 5) is 40.5. The summed E-state index contributed by atoms with van der Waals surface area (Å²) in [7, 11) is -2.34. The fourth-order valence-electron chi connectivity index (χ4n) is 4.47. The van der Waals surface area contributed by atoms with Crippen molar-refractivity contribution in [1.29, 1.82) is 0 Å². The van der Waals surface area contributed by atoms with Crippen LogP contribution in [0.1, 0.15) is 37.7 Å². The van der Waals surface area contributed by atoms with Gasteiger partial charge < -0.3 is 19.6 Å². The molecule has 1 aromatic rings. The van der Waals surface area contributed by atoms with Crippen molar-refractivity contribution in [3.05, 3.63) is 35.9 Å². The molecule has 2 aliphatic heterocycles. The highest BCUT2D eigenvalue weighted by molar-refractivity contribution is 7.88. The molecule has 0 aliphatic carbocycles. The standard InChI is InChI=1S/C23H33N3O7S/c1-25(15-17-9-12-33-13-10-17)21(27)14-19(22(28)26-11-5-8-20(26)23(29)30)24-34(31,32)16-18-6-3-2-4-7-18/h2-4,6-7,17,19-20,24H,5,8-16H2,1H3,(H,29,30)/t19-,20+/m1/s1. The molecule has 34 heavy (non-hydrogen) atoms. The third-order valence-electron chi connectivity index (χ3n) is 6.32. The fourth-order valence-corrected chi connectivity index (χ4v) is 5.80. The van der Waals surface area contributed by atoms with E-state index in [4.69, 9.17) is 4.74 Å². The molecule has 3 rings (SSSR count). The first kappa shape index (κ1) is 26.1. The smallest absolute Gasteiger partial charge is 0.326 e. The number of amides is 2. The van der Waals surface area contributed by atoms with Crippen LogP contribution in [0, 0.1) is 5.92 Å². The number of nitrogens with one attached hydrogen (secondary N) is 1. The Morgan fingerprint density at radius 3 is 2.50 bits per heavy atom. The van der Waals surface area contributed by atoms with Crippen LogP contribution in [-0.2, 0) is 34.9 Å². The van der Waals surface area contributed by atoms with E-state index in [1.807, 2.05) is 0 Å². The highest BCUT2D eigenvalue weighted by atomic mass is 32.2. The van der Waals surface area contributed by atoms with Gasteiger partial charge in [-0.1, -0.05) is 30.3 Å². The van der Waals surface area contributed by atoms with Crippen LogP contribution in [0.3, 0.4) is 0 Å². The molecule has 0 radical (unpaired) electrons. The van der Waals surface area contributed by atoms with Crippen molar-refractivity contribution in [3.8, 4) is 0 Å². The van der Waals surface area contributed by atoms with Gasteiger partial charge in [-0.2, -0.15) is 0 Å². The minimum Gasteiger partial charge on any atom is -0.480 e. The Morgan fingerprint density at radius 1 is 1.18 bits per heavy atom. The van der Waals surface area contributed by atoms with Gasteiger partial charge in [0.15, 0.2) is 0 Å². The van der Waals surface area contributed by atoms with E-state index in [0.717, 1.165) is 12.8 Å². The van der Waals surface area contributed by atoms with Crippen LogP contribution >= 0.6 is 0 Å². The van der Waals surface area contributed by atoms with Gasteiger partial charge in [-0.25, -0.2) is 17.9 Å². The normalized spacial score (nSPS) is 20.1. The SMILES string of the molecule is CN(CC1CCOCC1)C(=O)C[C@@H](NS(=O)(=O)Cc1ccccc1)C(=O)N1CCC[C@H]1C(=O)O. The highest BCUT2D eigenvalue weighted by Crippen LogP contribution is 2.21. The van der Waals surface area contributed by atoms with Crippen molar-refractivity contribution in [2.45, 2.75) is 49.9 Å². The van der Waals surface area contributed by atoms with Crippen LogP contribution in [0.25, 0.3) is 0 Å². The molecule has 10 nitrogen and oxygen atoms in total. The van der Waals surface area contributed by atoms with E-state index in [2.05, 4.69) is 4.72 Å². The van der Waals surface area contributed by atoms with Crippen LogP contribution in [0.5, 0.6) is 0 Å². The second kappa shape index (κ2) is 11.8. The van der Waals surface area contributed by atoms with Crippen molar-refractivity contribution in [1.82, 2.24) is 14.5 Å². The van der Waals surface area contributed by atoms with Gasteiger partial charge in [-0.05, 0) is 37.2 Å². The lowest BCUT2D eigenvalue weighted by Gasteiger charge is -2.30. The van der Waals surface area contributed by atoms with Gasteiger partial charge in [-0.15, -0.1) is 0 Å². The monoisotopic (exact) mass is 495 g/mol. The van der Waals surface area contributed by atoms with E-state index < -0.39 is 34.0 Å². The Hall–Kier alpha value is -2.50. The second-order valence-electron chi connectivity index (χ2n) is 8.98. The molecule has 0 spiro atoms. The number of carbonyl (C=O) groups is 3. The Balaban J connectivity index is 1.74. The zero-order valence-electron chi connectivity index (χ0n) is 19.4. The molecule has 2 heterocycles. The molecule has 2 fully saturated rings. The number of hydrogen-bond acceptors (Lipinski definition) is 6. The summed E-state index contributed by atoms with van der Waals surface area (Å²) in [5.74, 6) is -2.28. The molecular formula is C23H33N3O7S. The number of carbonyl (C=O) groups excluding carboxylic acids is 2. The topological polar surface area (TPSA) is 133 Å². The molecule has 0 unspecified atom stereocenters. The Kier molecular flexibility index (Phi) is 9.03. The molecule has 2 N–H and O–H groups in total. The Morgan fingerprint density at radius 2 is 1.85 bits per heavy atom. The Labute approximate surface area is 200 Å². The molecule has 0 bridgehead atoms. The number of ether oxygens (including phenoxy) is 1. The zero-order valence-corrected chi connectivity index (χ0v) is 20.2. The second-order valence-corrected chi connectivity index (χ2v) is 10.7. The van der Waals surface area contributed by atoms with Gasteiger partial charge >= 0.3 is 5.97 Å². The van der Waals surface area contributed by atoms with E-state index in [-0.39, 0.29) is 30.5 Å². The lowest BCUT2D eigenvalue weighted by atomic mass is 9.99. The number of nitrogens with zero attached hydrogens (tertiary/aromatic N) is 2. The Bertz CT molecular complexity index is 964. The number of aliphatic carboxylic acids is 1. The first-order valence-electron chi connectivity index (χ1n) is 11.5. The highest BCUT2D eigenvalue weighted by Gasteiger charge is 2.39. The van der Waals surface area contributed by atoms with Crippen molar-refractivity contribution < 1.29 is 32.6 Å². The van der Waals surface area contributed by atoms with Gasteiger partial charge in [0, 0.05) is 33.4 Å². The first-order valence-corrected chi connectivity index (χ1v) is 13.2. The predicted octanol–water partition coefficient (Wildman–Crippen LogP) is 0.825. The molecule has 188 valence electrons. The molecule has 1 aromatic carbocycles. The van der Waals surface area contributed by atoms with Crippen molar-refractivity contribution in [2.75, 3.05) is 33.4 Å². The number of carboxylic acids is 1. The zero-order chi connectivity index (χ0) is 24.7. The molecule has 0 saturated carbocycles. The third kappa shape index (κ3) is 7.25. The summed E-state index contributed by atoms with van der Waals surface area (Å²) in [5.41, 5.74) is 0.536. The van der Waals surface area contributed by atoms with Crippen molar-refractivity contribution in [3.63, 3.8) is 0 Å². The fraction of sp³-hybridized carbons (Fsp3) is 0.609. The number of carboxylic acid groups (broad SMARTS) is 1. The van der Waals surface area contributed by atoms with Crippen LogP contribution in [0.2, 0.25) is 0 Å². The molecule has 2 saturated heterocycles. The minimum absolute atomic E-state index is 0.207. The minimum atomic E-state index is -3.98. The number of likely N-dealkylation sites (tertiary alicyclic amines) is 1. The summed E-state index contributed by atoms with van der Waals surface area (Å²) >= 11 is 0. The van der Waals surface area contributed by atoms with E-state index >= 15 is 0 Å². The van der Waals surface area contributed by atoms with Gasteiger partial charge in [0.1, 0.15) is 12.1 Å². The average molecular weight is 496 g/mol. The van der Waals surface area contributed by atoms with Gasteiger partial charge in [0.25, 0.3) is 0 Å². The lowest BCUT2D eigenvalue weighted by molar-refractivity contribution is -0.149. The molecule has 2 amide bonds. The van der Waals surface area contributed by atoms with Crippen LogP contribution in [0.4, 0.5) is 0 Å².